The molecule has 0 N–H and O–H groups in total. The number of rotatable bonds is 3. The van der Waals surface area contributed by atoms with Gasteiger partial charge in [-0.3, -0.25) is 9.20 Å². The number of hydrogen-bond donors (Lipinski definition) is 0. The van der Waals surface area contributed by atoms with E-state index in [1.807, 2.05) is 85.1 Å². The molecule has 0 amide bonds. The second-order valence-electron chi connectivity index (χ2n) is 6.80. The molecule has 3 nitrogen and oxygen atoms in total. The van der Waals surface area contributed by atoms with Crippen molar-refractivity contribution in [1.29, 1.82) is 0 Å². The molecule has 0 spiro atoms. The van der Waals surface area contributed by atoms with Crippen LogP contribution < -0.4 is 0 Å². The Morgan fingerprint density at radius 3 is 2.00 bits per heavy atom. The highest BCUT2D eigenvalue weighted by molar-refractivity contribution is 6.12. The van der Waals surface area contributed by atoms with E-state index < -0.39 is 0 Å². The molecule has 0 saturated heterocycles. The molecule has 2 aromatic carbocycles. The van der Waals surface area contributed by atoms with Crippen LogP contribution in [0.5, 0.6) is 0 Å². The third-order valence-electron chi connectivity index (χ3n) is 4.62. The van der Waals surface area contributed by atoms with Crippen LogP contribution >= 0.6 is 0 Å². The quantitative estimate of drug-likeness (QED) is 0.483. The van der Waals surface area contributed by atoms with Crippen molar-refractivity contribution < 1.29 is 4.79 Å². The molecular weight excluding hydrogens is 320 g/mol. The Balaban J connectivity index is 1.97. The fourth-order valence-corrected chi connectivity index (χ4v) is 3.12. The highest BCUT2D eigenvalue weighted by Gasteiger charge is 2.21. The predicted octanol–water partition coefficient (Wildman–Crippen LogP) is 5.16. The molecule has 0 aliphatic rings. The van der Waals surface area contributed by atoms with Crippen LogP contribution in [-0.2, 0) is 0 Å². The number of hydrogen-bond acceptors (Lipinski definition) is 2. The highest BCUT2D eigenvalue weighted by Crippen LogP contribution is 2.27. The zero-order valence-electron chi connectivity index (χ0n) is 15.2. The van der Waals surface area contributed by atoms with E-state index in [0.717, 1.165) is 28.0 Å². The molecule has 0 fully saturated rings. The summed E-state index contributed by atoms with van der Waals surface area (Å²) in [6.07, 6.45) is 1.97. The number of benzene rings is 2. The summed E-state index contributed by atoms with van der Waals surface area (Å²) in [6, 6.07) is 19.8. The molecule has 26 heavy (non-hydrogen) atoms. The van der Waals surface area contributed by atoms with E-state index in [4.69, 9.17) is 4.98 Å². The van der Waals surface area contributed by atoms with E-state index in [0.29, 0.717) is 11.3 Å². The summed E-state index contributed by atoms with van der Waals surface area (Å²) in [5, 5.41) is 0. The molecular formula is C23H20N2O. The van der Waals surface area contributed by atoms with Gasteiger partial charge in [0.1, 0.15) is 17.0 Å². The first-order chi connectivity index (χ1) is 12.5. The summed E-state index contributed by atoms with van der Waals surface area (Å²) in [6.45, 7) is 6.09. The van der Waals surface area contributed by atoms with Crippen LogP contribution in [0.1, 0.15) is 32.7 Å². The minimum atomic E-state index is -0.0151. The van der Waals surface area contributed by atoms with Gasteiger partial charge in [0.05, 0.1) is 0 Å². The van der Waals surface area contributed by atoms with Crippen molar-refractivity contribution in [2.24, 2.45) is 0 Å². The normalized spacial score (nSPS) is 11.0. The van der Waals surface area contributed by atoms with Crippen LogP contribution in [0.2, 0.25) is 0 Å². The molecule has 0 atom stereocenters. The summed E-state index contributed by atoms with van der Waals surface area (Å²) in [4.78, 5) is 18.1. The summed E-state index contributed by atoms with van der Waals surface area (Å²) < 4.78 is 1.91. The fourth-order valence-electron chi connectivity index (χ4n) is 3.12. The maximum Gasteiger partial charge on any atom is 0.212 e. The average molecular weight is 340 g/mol. The fraction of sp³-hybridized carbons (Fsp3) is 0.130. The van der Waals surface area contributed by atoms with Gasteiger partial charge in [-0.05, 0) is 32.4 Å². The Morgan fingerprint density at radius 1 is 0.769 bits per heavy atom. The van der Waals surface area contributed by atoms with Crippen molar-refractivity contribution in [3.8, 4) is 11.3 Å². The second kappa shape index (κ2) is 6.26. The molecule has 0 unspecified atom stereocenters. The molecule has 128 valence electrons. The maximum atomic E-state index is 13.3. The van der Waals surface area contributed by atoms with Crippen molar-refractivity contribution in [3.05, 3.63) is 94.8 Å². The third kappa shape index (κ3) is 2.82. The molecule has 3 heteroatoms. The van der Waals surface area contributed by atoms with Crippen molar-refractivity contribution in [2.75, 3.05) is 0 Å². The minimum Gasteiger partial charge on any atom is -0.296 e. The second-order valence-corrected chi connectivity index (χ2v) is 6.80. The smallest absolute Gasteiger partial charge is 0.212 e. The Hall–Kier alpha value is -3.20. The molecule has 2 aromatic heterocycles. The van der Waals surface area contributed by atoms with Crippen LogP contribution in [0.15, 0.2) is 66.9 Å². The zero-order valence-corrected chi connectivity index (χ0v) is 15.2. The number of nitrogens with zero attached hydrogens (tertiary/aromatic N) is 2. The van der Waals surface area contributed by atoms with E-state index in [1.54, 1.807) is 0 Å². The van der Waals surface area contributed by atoms with E-state index in [9.17, 15) is 4.79 Å². The lowest BCUT2D eigenvalue weighted by atomic mass is 10.0. The Bertz CT molecular complexity index is 1100. The summed E-state index contributed by atoms with van der Waals surface area (Å²) in [5.41, 5.74) is 7.14. The number of ketones is 1. The predicted molar refractivity (Wildman–Crippen MR) is 105 cm³/mol. The molecule has 0 saturated carbocycles. The third-order valence-corrected chi connectivity index (χ3v) is 4.62. The van der Waals surface area contributed by atoms with Gasteiger partial charge in [0.15, 0.2) is 0 Å². The Kier molecular flexibility index (Phi) is 3.92. The van der Waals surface area contributed by atoms with Crippen molar-refractivity contribution in [3.63, 3.8) is 0 Å². The molecule has 0 radical (unpaired) electrons. The maximum absolute atomic E-state index is 13.3. The lowest BCUT2D eigenvalue weighted by Gasteiger charge is -2.06. The van der Waals surface area contributed by atoms with E-state index in [1.165, 1.54) is 5.56 Å². The van der Waals surface area contributed by atoms with Gasteiger partial charge in [0, 0.05) is 17.3 Å². The minimum absolute atomic E-state index is 0.0151. The first-order valence-corrected chi connectivity index (χ1v) is 8.70. The van der Waals surface area contributed by atoms with Crippen LogP contribution in [0.4, 0.5) is 0 Å². The summed E-state index contributed by atoms with van der Waals surface area (Å²) >= 11 is 0. The molecule has 4 rings (SSSR count). The number of fused-ring (bicyclic) bond motifs is 1. The van der Waals surface area contributed by atoms with Crippen molar-refractivity contribution in [1.82, 2.24) is 9.38 Å². The largest absolute Gasteiger partial charge is 0.296 e. The zero-order chi connectivity index (χ0) is 18.3. The standard InChI is InChI=1S/C23H20N2O/c1-15-4-9-18(10-5-15)21-22(23(26)19-11-6-16(2)7-12-19)25-14-17(3)8-13-20(25)24-21/h4-14H,1-3H3. The van der Waals surface area contributed by atoms with Crippen LogP contribution in [0, 0.1) is 20.8 Å². The monoisotopic (exact) mass is 340 g/mol. The average Bonchev–Trinajstić information content (AvgIpc) is 3.01. The van der Waals surface area contributed by atoms with E-state index in [-0.39, 0.29) is 5.78 Å². The molecule has 0 aliphatic carbocycles. The van der Waals surface area contributed by atoms with Crippen LogP contribution in [0.25, 0.3) is 16.9 Å². The van der Waals surface area contributed by atoms with Gasteiger partial charge in [-0.1, -0.05) is 65.7 Å². The number of aryl methyl sites for hydroxylation is 3. The summed E-state index contributed by atoms with van der Waals surface area (Å²) in [7, 11) is 0. The topological polar surface area (TPSA) is 34.4 Å². The number of carbonyl (C=O) groups is 1. The summed E-state index contributed by atoms with van der Waals surface area (Å²) in [5.74, 6) is -0.0151. The van der Waals surface area contributed by atoms with Gasteiger partial charge in [-0.25, -0.2) is 4.98 Å². The van der Waals surface area contributed by atoms with Gasteiger partial charge in [0.2, 0.25) is 5.78 Å². The molecule has 0 aliphatic heterocycles. The lowest BCUT2D eigenvalue weighted by molar-refractivity contribution is 0.103. The van der Waals surface area contributed by atoms with Gasteiger partial charge in [0.25, 0.3) is 0 Å². The highest BCUT2D eigenvalue weighted by atomic mass is 16.1. The van der Waals surface area contributed by atoms with E-state index in [2.05, 4.69) is 6.92 Å². The Labute approximate surface area is 153 Å². The number of carbonyl (C=O) groups excluding carboxylic acids is 1. The molecule has 4 aromatic rings. The molecule has 2 heterocycles. The first-order valence-electron chi connectivity index (χ1n) is 8.70. The SMILES string of the molecule is Cc1ccc(C(=O)c2c(-c3ccc(C)cc3)nc3ccc(C)cn23)cc1. The van der Waals surface area contributed by atoms with Crippen molar-refractivity contribution >= 4 is 11.4 Å². The number of pyridine rings is 1. The first kappa shape index (κ1) is 16.3. The van der Waals surface area contributed by atoms with Crippen LogP contribution in [-0.4, -0.2) is 15.2 Å². The number of imidazole rings is 1. The molecule has 0 bridgehead atoms. The number of aromatic nitrogens is 2. The van der Waals surface area contributed by atoms with Gasteiger partial charge in [-0.2, -0.15) is 0 Å². The van der Waals surface area contributed by atoms with Gasteiger partial charge in [-0.15, -0.1) is 0 Å². The van der Waals surface area contributed by atoms with Gasteiger partial charge >= 0.3 is 0 Å². The lowest BCUT2D eigenvalue weighted by Crippen LogP contribution is -2.07. The van der Waals surface area contributed by atoms with Crippen LogP contribution in [0.3, 0.4) is 0 Å². The van der Waals surface area contributed by atoms with E-state index >= 15 is 0 Å². The van der Waals surface area contributed by atoms with Crippen molar-refractivity contribution in [2.45, 2.75) is 20.8 Å². The Morgan fingerprint density at radius 2 is 1.35 bits per heavy atom. The van der Waals surface area contributed by atoms with Gasteiger partial charge < -0.3 is 0 Å².